The number of hydrogen-bond acceptors (Lipinski definition) is 6. The standard InChI is InChI=1S/C11H14N2O5S2/c1-8(7-19-2)11(14)12-20(17,18)10-5-3-4-9(6-10)13(15)16/h3-6,8H,7H2,1-2H3,(H,12,14)/t8-/m0/s1. The van der Waals surface area contributed by atoms with Crippen molar-refractivity contribution in [2.45, 2.75) is 11.8 Å². The Kier molecular flexibility index (Phi) is 5.52. The summed E-state index contributed by atoms with van der Waals surface area (Å²) in [5.41, 5.74) is -0.350. The SMILES string of the molecule is CSC[C@H](C)C(=O)NS(=O)(=O)c1cccc([N+](=O)[O-])c1. The van der Waals surface area contributed by atoms with E-state index in [0.717, 1.165) is 6.07 Å². The first-order valence-electron chi connectivity index (χ1n) is 5.58. The Morgan fingerprint density at radius 3 is 2.70 bits per heavy atom. The molecule has 1 N–H and O–H groups in total. The van der Waals surface area contributed by atoms with Gasteiger partial charge in [0.2, 0.25) is 5.91 Å². The fourth-order valence-electron chi connectivity index (χ4n) is 1.38. The number of nitrogens with one attached hydrogen (secondary N) is 1. The number of rotatable bonds is 6. The zero-order chi connectivity index (χ0) is 15.3. The number of carbonyl (C=O) groups is 1. The van der Waals surface area contributed by atoms with Crippen LogP contribution in [-0.2, 0) is 14.8 Å². The Bertz CT molecular complexity index is 615. The number of nitrogens with zero attached hydrogens (tertiary/aromatic N) is 1. The van der Waals surface area contributed by atoms with Crippen LogP contribution < -0.4 is 4.72 Å². The lowest BCUT2D eigenvalue weighted by molar-refractivity contribution is -0.385. The van der Waals surface area contributed by atoms with Crippen molar-refractivity contribution in [1.82, 2.24) is 4.72 Å². The summed E-state index contributed by atoms with van der Waals surface area (Å²) in [6.07, 6.45) is 1.80. The predicted molar refractivity (Wildman–Crippen MR) is 76.0 cm³/mol. The summed E-state index contributed by atoms with van der Waals surface area (Å²) in [6, 6.07) is 4.54. The van der Waals surface area contributed by atoms with Gasteiger partial charge in [-0.05, 0) is 12.3 Å². The predicted octanol–water partition coefficient (Wildman–Crippen LogP) is 1.40. The smallest absolute Gasteiger partial charge is 0.270 e. The number of nitro benzene ring substituents is 1. The van der Waals surface area contributed by atoms with Gasteiger partial charge in [-0.15, -0.1) is 0 Å². The first-order chi connectivity index (χ1) is 9.27. The van der Waals surface area contributed by atoms with E-state index in [1.165, 1.54) is 30.0 Å². The number of non-ortho nitro benzene ring substituents is 1. The second-order valence-corrected chi connectivity index (χ2v) is 6.67. The van der Waals surface area contributed by atoms with Crippen molar-refractivity contribution in [3.8, 4) is 0 Å². The van der Waals surface area contributed by atoms with E-state index in [9.17, 15) is 23.3 Å². The lowest BCUT2D eigenvalue weighted by atomic mass is 10.2. The number of sulfonamides is 1. The third-order valence-electron chi connectivity index (χ3n) is 2.44. The van der Waals surface area contributed by atoms with E-state index in [1.807, 2.05) is 4.72 Å². The number of thioether (sulfide) groups is 1. The Balaban J connectivity index is 2.97. The molecule has 0 bridgehead atoms. The molecule has 1 amide bonds. The van der Waals surface area contributed by atoms with Crippen molar-refractivity contribution in [1.29, 1.82) is 0 Å². The van der Waals surface area contributed by atoms with E-state index < -0.39 is 26.8 Å². The van der Waals surface area contributed by atoms with Crippen molar-refractivity contribution in [3.63, 3.8) is 0 Å². The maximum absolute atomic E-state index is 12.0. The van der Waals surface area contributed by atoms with E-state index in [2.05, 4.69) is 0 Å². The maximum Gasteiger partial charge on any atom is 0.270 e. The third kappa shape index (κ3) is 4.20. The second kappa shape index (κ2) is 6.71. The summed E-state index contributed by atoms with van der Waals surface area (Å²) in [4.78, 5) is 21.3. The molecule has 110 valence electrons. The summed E-state index contributed by atoms with van der Waals surface area (Å²) in [6.45, 7) is 1.61. The van der Waals surface area contributed by atoms with Crippen molar-refractivity contribution < 1.29 is 18.1 Å². The Hall–Kier alpha value is -1.61. The summed E-state index contributed by atoms with van der Waals surface area (Å²) < 4.78 is 25.9. The van der Waals surface area contributed by atoms with Crippen LogP contribution in [0.5, 0.6) is 0 Å². The first-order valence-corrected chi connectivity index (χ1v) is 8.45. The van der Waals surface area contributed by atoms with Gasteiger partial charge in [0.1, 0.15) is 0 Å². The van der Waals surface area contributed by atoms with E-state index in [4.69, 9.17) is 0 Å². The van der Waals surface area contributed by atoms with Crippen LogP contribution in [0.15, 0.2) is 29.2 Å². The van der Waals surface area contributed by atoms with Gasteiger partial charge < -0.3 is 0 Å². The summed E-state index contributed by atoms with van der Waals surface area (Å²) in [5, 5.41) is 10.6. The van der Waals surface area contributed by atoms with Gasteiger partial charge >= 0.3 is 0 Å². The van der Waals surface area contributed by atoms with Crippen molar-refractivity contribution in [2.24, 2.45) is 5.92 Å². The van der Waals surface area contributed by atoms with Crippen LogP contribution in [0, 0.1) is 16.0 Å². The first kappa shape index (κ1) is 16.4. The van der Waals surface area contributed by atoms with Gasteiger partial charge in [-0.2, -0.15) is 11.8 Å². The zero-order valence-corrected chi connectivity index (χ0v) is 12.5. The molecule has 1 aromatic rings. The Labute approximate surface area is 121 Å². The minimum absolute atomic E-state index is 0.309. The molecule has 1 rings (SSSR count). The molecular weight excluding hydrogens is 304 g/mol. The summed E-state index contributed by atoms with van der Waals surface area (Å²) in [5.74, 6) is -0.625. The largest absolute Gasteiger partial charge is 0.274 e. The van der Waals surface area contributed by atoms with Crippen molar-refractivity contribution >= 4 is 33.4 Å². The molecule has 0 heterocycles. The lowest BCUT2D eigenvalue weighted by Gasteiger charge is -2.11. The fraction of sp³-hybridized carbons (Fsp3) is 0.364. The van der Waals surface area contributed by atoms with Gasteiger partial charge in [-0.25, -0.2) is 13.1 Å². The molecule has 0 radical (unpaired) electrons. The van der Waals surface area contributed by atoms with Crippen LogP contribution in [-0.4, -0.2) is 31.3 Å². The summed E-state index contributed by atoms with van der Waals surface area (Å²) >= 11 is 1.42. The van der Waals surface area contributed by atoms with Crippen molar-refractivity contribution in [2.75, 3.05) is 12.0 Å². The van der Waals surface area contributed by atoms with Crippen molar-refractivity contribution in [3.05, 3.63) is 34.4 Å². The molecule has 7 nitrogen and oxygen atoms in total. The average Bonchev–Trinajstić information content (AvgIpc) is 2.38. The molecule has 0 unspecified atom stereocenters. The van der Waals surface area contributed by atoms with Crippen LogP contribution in [0.25, 0.3) is 0 Å². The molecule has 1 atom stereocenters. The molecule has 0 aliphatic rings. The van der Waals surface area contributed by atoms with Gasteiger partial charge in [0.05, 0.1) is 9.82 Å². The number of nitro groups is 1. The average molecular weight is 318 g/mol. The molecule has 0 fully saturated rings. The fourth-order valence-corrected chi connectivity index (χ4v) is 3.15. The molecule has 0 spiro atoms. The lowest BCUT2D eigenvalue weighted by Crippen LogP contribution is -2.35. The van der Waals surface area contributed by atoms with E-state index in [1.54, 1.807) is 13.2 Å². The highest BCUT2D eigenvalue weighted by Gasteiger charge is 2.22. The van der Waals surface area contributed by atoms with Crippen LogP contribution in [0.2, 0.25) is 0 Å². The van der Waals surface area contributed by atoms with Gasteiger partial charge in [0.25, 0.3) is 15.7 Å². The molecular formula is C11H14N2O5S2. The number of benzene rings is 1. The molecule has 1 aromatic carbocycles. The molecule has 0 aromatic heterocycles. The van der Waals surface area contributed by atoms with Crippen LogP contribution in [0.1, 0.15) is 6.92 Å². The quantitative estimate of drug-likeness (QED) is 0.627. The number of hydrogen-bond donors (Lipinski definition) is 1. The molecule has 0 saturated carbocycles. The van der Waals surface area contributed by atoms with Crippen LogP contribution >= 0.6 is 11.8 Å². The highest BCUT2D eigenvalue weighted by atomic mass is 32.2. The van der Waals surface area contributed by atoms with Gasteiger partial charge in [0, 0.05) is 23.8 Å². The van der Waals surface area contributed by atoms with E-state index in [-0.39, 0.29) is 10.6 Å². The molecule has 20 heavy (non-hydrogen) atoms. The molecule has 0 aliphatic carbocycles. The minimum Gasteiger partial charge on any atom is -0.274 e. The Morgan fingerprint density at radius 2 is 2.15 bits per heavy atom. The highest BCUT2D eigenvalue weighted by Crippen LogP contribution is 2.17. The van der Waals surface area contributed by atoms with Crippen LogP contribution in [0.4, 0.5) is 5.69 Å². The summed E-state index contributed by atoms with van der Waals surface area (Å²) in [7, 11) is -4.09. The van der Waals surface area contributed by atoms with E-state index in [0.29, 0.717) is 5.75 Å². The molecule has 0 aliphatic heterocycles. The number of amides is 1. The minimum atomic E-state index is -4.09. The highest BCUT2D eigenvalue weighted by molar-refractivity contribution is 7.98. The second-order valence-electron chi connectivity index (χ2n) is 4.08. The number of carbonyl (C=O) groups excluding carboxylic acids is 1. The van der Waals surface area contributed by atoms with Crippen LogP contribution in [0.3, 0.4) is 0 Å². The topological polar surface area (TPSA) is 106 Å². The zero-order valence-electron chi connectivity index (χ0n) is 10.9. The van der Waals surface area contributed by atoms with Gasteiger partial charge in [0.15, 0.2) is 0 Å². The van der Waals surface area contributed by atoms with E-state index >= 15 is 0 Å². The van der Waals surface area contributed by atoms with Gasteiger partial charge in [-0.1, -0.05) is 13.0 Å². The molecule has 9 heteroatoms. The molecule has 0 saturated heterocycles. The third-order valence-corrected chi connectivity index (χ3v) is 4.62. The monoisotopic (exact) mass is 318 g/mol. The van der Waals surface area contributed by atoms with Gasteiger partial charge in [-0.3, -0.25) is 14.9 Å². The maximum atomic E-state index is 12.0. The normalized spacial score (nSPS) is 12.7. The Morgan fingerprint density at radius 1 is 1.50 bits per heavy atom.